The Balaban J connectivity index is 1.70. The number of carbonyl (C=O) groups is 2. The smallest absolute Gasteiger partial charge is 0.155 e. The normalized spacial score (nSPS) is 49.2. The largest absolute Gasteiger partial charge is 0.300 e. The lowest BCUT2D eigenvalue weighted by Crippen LogP contribution is -2.49. The maximum absolute atomic E-state index is 12.0. The van der Waals surface area contributed by atoms with E-state index in [4.69, 9.17) is 0 Å². The highest BCUT2D eigenvalue weighted by Crippen LogP contribution is 2.64. The fourth-order valence-electron chi connectivity index (χ4n) is 6.34. The predicted octanol–water partition coefficient (Wildman–Crippen LogP) is 4.09. The van der Waals surface area contributed by atoms with Crippen LogP contribution in [0.3, 0.4) is 0 Å². The van der Waals surface area contributed by atoms with Crippen molar-refractivity contribution in [3.8, 4) is 0 Å². The summed E-state index contributed by atoms with van der Waals surface area (Å²) in [7, 11) is 0. The van der Waals surface area contributed by atoms with Gasteiger partial charge in [0.15, 0.2) is 5.78 Å². The topological polar surface area (TPSA) is 34.1 Å². The lowest BCUT2D eigenvalue weighted by Gasteiger charge is -2.57. The first-order valence-electron chi connectivity index (χ1n) is 8.68. The van der Waals surface area contributed by atoms with Crippen LogP contribution in [0.1, 0.15) is 65.2 Å². The zero-order chi connectivity index (χ0) is 14.8. The van der Waals surface area contributed by atoms with Crippen molar-refractivity contribution in [2.24, 2.45) is 28.6 Å². The second-order valence-electron chi connectivity index (χ2n) is 8.58. The molecule has 0 aromatic carbocycles. The highest BCUT2D eigenvalue weighted by atomic mass is 16.1. The van der Waals surface area contributed by atoms with E-state index in [1.165, 1.54) is 24.8 Å². The van der Waals surface area contributed by atoms with Crippen molar-refractivity contribution in [3.05, 3.63) is 11.6 Å². The third-order valence-electron chi connectivity index (χ3n) is 7.53. The summed E-state index contributed by atoms with van der Waals surface area (Å²) < 4.78 is 0. The van der Waals surface area contributed by atoms with E-state index in [0.29, 0.717) is 29.3 Å². The molecule has 2 nitrogen and oxygen atoms in total. The monoisotopic (exact) mass is 286 g/mol. The van der Waals surface area contributed by atoms with Gasteiger partial charge in [-0.3, -0.25) is 9.59 Å². The van der Waals surface area contributed by atoms with Crippen LogP contribution in [0.4, 0.5) is 0 Å². The van der Waals surface area contributed by atoms with Gasteiger partial charge in [-0.05, 0) is 66.8 Å². The molecule has 0 aromatic heterocycles. The first-order valence-corrected chi connectivity index (χ1v) is 8.68. The molecule has 0 saturated heterocycles. The van der Waals surface area contributed by atoms with E-state index in [1.54, 1.807) is 0 Å². The first kappa shape index (κ1) is 13.7. The number of ketones is 2. The van der Waals surface area contributed by atoms with Gasteiger partial charge in [0.2, 0.25) is 0 Å². The fourth-order valence-corrected chi connectivity index (χ4v) is 6.34. The third-order valence-corrected chi connectivity index (χ3v) is 7.53. The Morgan fingerprint density at radius 2 is 1.86 bits per heavy atom. The van der Waals surface area contributed by atoms with Crippen molar-refractivity contribution in [1.82, 2.24) is 0 Å². The number of hydrogen-bond acceptors (Lipinski definition) is 2. The summed E-state index contributed by atoms with van der Waals surface area (Å²) in [6.07, 6.45) is 10.1. The molecule has 3 saturated carbocycles. The Labute approximate surface area is 127 Å². The van der Waals surface area contributed by atoms with Crippen LogP contribution in [0.5, 0.6) is 0 Å². The van der Waals surface area contributed by atoms with E-state index in [-0.39, 0.29) is 10.8 Å². The molecule has 0 amide bonds. The molecular formula is C19H26O2. The molecule has 4 aliphatic carbocycles. The molecule has 0 spiro atoms. The maximum atomic E-state index is 12.0. The van der Waals surface area contributed by atoms with E-state index in [2.05, 4.69) is 13.8 Å². The number of hydrogen-bond donors (Lipinski definition) is 0. The summed E-state index contributed by atoms with van der Waals surface area (Å²) in [6.45, 7) is 4.76. The predicted molar refractivity (Wildman–Crippen MR) is 81.7 cm³/mol. The second-order valence-corrected chi connectivity index (χ2v) is 8.58. The van der Waals surface area contributed by atoms with Crippen LogP contribution in [0.15, 0.2) is 11.6 Å². The lowest BCUT2D eigenvalue weighted by atomic mass is 9.47. The molecule has 114 valence electrons. The molecule has 3 fully saturated rings. The van der Waals surface area contributed by atoms with Gasteiger partial charge in [-0.15, -0.1) is 0 Å². The van der Waals surface area contributed by atoms with Gasteiger partial charge in [0.25, 0.3) is 0 Å². The molecule has 2 heteroatoms. The van der Waals surface area contributed by atoms with Crippen LogP contribution in [0.2, 0.25) is 0 Å². The fraction of sp³-hybridized carbons (Fsp3) is 0.789. The molecular weight excluding hydrogens is 260 g/mol. The van der Waals surface area contributed by atoms with Gasteiger partial charge in [-0.1, -0.05) is 19.4 Å². The summed E-state index contributed by atoms with van der Waals surface area (Å²) in [5.41, 5.74) is 1.94. The minimum atomic E-state index is 0.240. The van der Waals surface area contributed by atoms with Crippen molar-refractivity contribution in [2.45, 2.75) is 65.2 Å². The maximum Gasteiger partial charge on any atom is 0.155 e. The number of fused-ring (bicyclic) bond motifs is 5. The average molecular weight is 286 g/mol. The second kappa shape index (κ2) is 4.30. The zero-order valence-electron chi connectivity index (χ0n) is 13.3. The highest BCUT2D eigenvalue weighted by molar-refractivity contribution is 5.91. The summed E-state index contributed by atoms with van der Waals surface area (Å²) in [5, 5.41) is 0. The Morgan fingerprint density at radius 3 is 2.67 bits per heavy atom. The van der Waals surface area contributed by atoms with Crippen LogP contribution < -0.4 is 0 Å². The molecule has 0 aromatic rings. The Hall–Kier alpha value is -0.920. The summed E-state index contributed by atoms with van der Waals surface area (Å²) in [6, 6.07) is 0. The average Bonchev–Trinajstić information content (AvgIpc) is 2.74. The van der Waals surface area contributed by atoms with Gasteiger partial charge in [0, 0.05) is 19.3 Å². The lowest BCUT2D eigenvalue weighted by molar-refractivity contribution is -0.118. The minimum Gasteiger partial charge on any atom is -0.300 e. The van der Waals surface area contributed by atoms with E-state index in [9.17, 15) is 9.59 Å². The van der Waals surface area contributed by atoms with E-state index in [0.717, 1.165) is 32.1 Å². The van der Waals surface area contributed by atoms with Crippen LogP contribution in [-0.4, -0.2) is 11.6 Å². The van der Waals surface area contributed by atoms with Crippen molar-refractivity contribution < 1.29 is 9.59 Å². The molecule has 0 bridgehead atoms. The molecule has 21 heavy (non-hydrogen) atoms. The standard InChI is InChI=1S/C19H26O2/c1-18-7-6-16-15(17(18)10-14(21)11-18)4-3-12-9-13(20)5-8-19(12,16)2/h9,15-17H,3-8,10-11H2,1-2H3/t15?,16?,17?,18-,19+/m1/s1. The molecule has 3 unspecified atom stereocenters. The number of carbonyl (C=O) groups excluding carboxylic acids is 2. The molecule has 4 aliphatic rings. The molecule has 5 atom stereocenters. The van der Waals surface area contributed by atoms with Gasteiger partial charge >= 0.3 is 0 Å². The van der Waals surface area contributed by atoms with Gasteiger partial charge < -0.3 is 0 Å². The van der Waals surface area contributed by atoms with E-state index < -0.39 is 0 Å². The van der Waals surface area contributed by atoms with Crippen molar-refractivity contribution in [3.63, 3.8) is 0 Å². The van der Waals surface area contributed by atoms with E-state index >= 15 is 0 Å². The first-order chi connectivity index (χ1) is 9.92. The SMILES string of the molecule is C[C@]12CCC3C(CCC4=CC(=O)CC[C@@]43C)C1CC(=O)C2. The van der Waals surface area contributed by atoms with E-state index in [1.807, 2.05) is 6.08 Å². The Kier molecular flexibility index (Phi) is 2.81. The van der Waals surface area contributed by atoms with Gasteiger partial charge in [-0.25, -0.2) is 0 Å². The van der Waals surface area contributed by atoms with Gasteiger partial charge in [0.05, 0.1) is 0 Å². The van der Waals surface area contributed by atoms with Crippen LogP contribution in [0, 0.1) is 28.6 Å². The van der Waals surface area contributed by atoms with Crippen molar-refractivity contribution >= 4 is 11.6 Å². The molecule has 4 rings (SSSR count). The quantitative estimate of drug-likeness (QED) is 0.672. The van der Waals surface area contributed by atoms with Gasteiger partial charge in [0.1, 0.15) is 5.78 Å². The Morgan fingerprint density at radius 1 is 1.05 bits per heavy atom. The molecule has 0 radical (unpaired) electrons. The summed E-state index contributed by atoms with van der Waals surface area (Å²) >= 11 is 0. The zero-order valence-corrected chi connectivity index (χ0v) is 13.3. The summed E-state index contributed by atoms with van der Waals surface area (Å²) in [5.74, 6) is 2.85. The van der Waals surface area contributed by atoms with Crippen LogP contribution in [0.25, 0.3) is 0 Å². The van der Waals surface area contributed by atoms with Crippen LogP contribution in [-0.2, 0) is 9.59 Å². The minimum absolute atomic E-state index is 0.240. The highest BCUT2D eigenvalue weighted by Gasteiger charge is 2.57. The number of rotatable bonds is 0. The van der Waals surface area contributed by atoms with Gasteiger partial charge in [-0.2, -0.15) is 0 Å². The third kappa shape index (κ3) is 1.83. The number of allylic oxidation sites excluding steroid dienone is 1. The molecule has 0 heterocycles. The van der Waals surface area contributed by atoms with Crippen molar-refractivity contribution in [2.75, 3.05) is 0 Å². The summed E-state index contributed by atoms with van der Waals surface area (Å²) in [4.78, 5) is 23.8. The number of Topliss-reactive ketones (excluding diaryl/α,β-unsaturated/α-hetero) is 1. The molecule has 0 aliphatic heterocycles. The van der Waals surface area contributed by atoms with Crippen LogP contribution >= 0.6 is 0 Å². The molecule has 0 N–H and O–H groups in total. The Bertz CT molecular complexity index is 546. The van der Waals surface area contributed by atoms with Crippen molar-refractivity contribution in [1.29, 1.82) is 0 Å².